The van der Waals surface area contributed by atoms with Gasteiger partial charge in [-0.3, -0.25) is 0 Å². The molecule has 3 nitrogen and oxygen atoms in total. The van der Waals surface area contributed by atoms with E-state index in [1.807, 2.05) is 0 Å². The van der Waals surface area contributed by atoms with Crippen molar-refractivity contribution in [3.8, 4) is 5.75 Å². The fourth-order valence-electron chi connectivity index (χ4n) is 1.25. The quantitative estimate of drug-likeness (QED) is 0.829. The lowest BCUT2D eigenvalue weighted by molar-refractivity contribution is 0.0577. The number of rotatable bonds is 4. The topological polar surface area (TPSA) is 49.7 Å². The summed E-state index contributed by atoms with van der Waals surface area (Å²) >= 11 is 0. The van der Waals surface area contributed by atoms with Crippen LogP contribution >= 0.6 is 0 Å². The summed E-state index contributed by atoms with van der Waals surface area (Å²) in [6.45, 7) is 4.85. The molecule has 0 spiro atoms. The molecule has 3 unspecified atom stereocenters. The molecule has 0 fully saturated rings. The van der Waals surface area contributed by atoms with Gasteiger partial charge in [-0.2, -0.15) is 0 Å². The van der Waals surface area contributed by atoms with Crippen molar-refractivity contribution in [2.24, 2.45) is 0 Å². The Balaban J connectivity index is 2.95. The number of hydrogen-bond donors (Lipinski definition) is 2. The van der Waals surface area contributed by atoms with E-state index in [4.69, 9.17) is 4.74 Å². The van der Waals surface area contributed by atoms with Crippen molar-refractivity contribution in [3.63, 3.8) is 0 Å². The van der Waals surface area contributed by atoms with E-state index in [-0.39, 0.29) is 0 Å². The maximum absolute atomic E-state index is 13.0. The molecule has 0 heterocycles. The van der Waals surface area contributed by atoms with Gasteiger partial charge in [0.2, 0.25) is 0 Å². The van der Waals surface area contributed by atoms with Gasteiger partial charge in [-0.1, -0.05) is 0 Å². The summed E-state index contributed by atoms with van der Waals surface area (Å²) in [7, 11) is 0. The first-order chi connectivity index (χ1) is 7.41. The maximum Gasteiger partial charge on any atom is 0.125 e. The molecule has 1 aromatic carbocycles. The van der Waals surface area contributed by atoms with Gasteiger partial charge in [0, 0.05) is 5.56 Å². The Morgan fingerprint density at radius 3 is 2.31 bits per heavy atom. The number of aliphatic hydroxyl groups excluding tert-OH is 2. The Hall–Kier alpha value is -1.13. The number of benzene rings is 1. The predicted molar refractivity (Wildman–Crippen MR) is 58.8 cm³/mol. The van der Waals surface area contributed by atoms with E-state index in [0.717, 1.165) is 0 Å². The van der Waals surface area contributed by atoms with Gasteiger partial charge in [-0.25, -0.2) is 4.39 Å². The lowest BCUT2D eigenvalue weighted by Gasteiger charge is -2.20. The Bertz CT molecular complexity index is 350. The molecule has 2 N–H and O–H groups in total. The lowest BCUT2D eigenvalue weighted by Crippen LogP contribution is -2.26. The molecule has 1 aromatic rings. The molecule has 0 aliphatic rings. The van der Waals surface area contributed by atoms with E-state index < -0.39 is 24.1 Å². The molecule has 0 bridgehead atoms. The largest absolute Gasteiger partial charge is 0.488 e. The van der Waals surface area contributed by atoms with Gasteiger partial charge < -0.3 is 14.9 Å². The molecule has 4 heteroatoms. The molecular formula is C12H17FO3. The van der Waals surface area contributed by atoms with Crippen LogP contribution in [0.1, 0.15) is 32.4 Å². The first-order valence-corrected chi connectivity index (χ1v) is 5.24. The molecule has 16 heavy (non-hydrogen) atoms. The lowest BCUT2D eigenvalue weighted by atomic mass is 10.1. The standard InChI is InChI=1S/C12H17FO3/c1-7(14)9(3)16-12-5-4-10(13)6-11(12)8(2)15/h4-9,14-15H,1-3H3. The van der Waals surface area contributed by atoms with Crippen molar-refractivity contribution in [1.82, 2.24) is 0 Å². The summed E-state index contributed by atoms with van der Waals surface area (Å²) in [5.41, 5.74) is 0.382. The molecule has 0 radical (unpaired) electrons. The SMILES string of the molecule is CC(O)c1cc(F)ccc1OC(C)C(C)O. The number of hydrogen-bond acceptors (Lipinski definition) is 3. The third-order valence-electron chi connectivity index (χ3n) is 2.41. The van der Waals surface area contributed by atoms with Crippen LogP contribution < -0.4 is 4.74 Å². The predicted octanol–water partition coefficient (Wildman–Crippen LogP) is 2.03. The molecule has 0 saturated heterocycles. The Morgan fingerprint density at radius 1 is 1.19 bits per heavy atom. The molecular weight excluding hydrogens is 211 g/mol. The Labute approximate surface area is 94.5 Å². The van der Waals surface area contributed by atoms with Gasteiger partial charge in [0.05, 0.1) is 12.2 Å². The molecule has 90 valence electrons. The zero-order valence-corrected chi connectivity index (χ0v) is 9.64. The van der Waals surface area contributed by atoms with Crippen LogP contribution in [0.4, 0.5) is 4.39 Å². The molecule has 0 aliphatic heterocycles. The second-order valence-corrected chi connectivity index (χ2v) is 3.92. The summed E-state index contributed by atoms with van der Waals surface area (Å²) in [6.07, 6.45) is -1.86. The summed E-state index contributed by atoms with van der Waals surface area (Å²) in [4.78, 5) is 0. The summed E-state index contributed by atoms with van der Waals surface area (Å²) in [5.74, 6) is -0.0299. The van der Waals surface area contributed by atoms with Crippen molar-refractivity contribution in [3.05, 3.63) is 29.6 Å². The van der Waals surface area contributed by atoms with Gasteiger partial charge >= 0.3 is 0 Å². The molecule has 0 aromatic heterocycles. The molecule has 0 saturated carbocycles. The highest BCUT2D eigenvalue weighted by molar-refractivity contribution is 5.35. The minimum absolute atomic E-state index is 0.382. The minimum Gasteiger partial charge on any atom is -0.488 e. The third-order valence-corrected chi connectivity index (χ3v) is 2.41. The maximum atomic E-state index is 13.0. The first-order valence-electron chi connectivity index (χ1n) is 5.24. The van der Waals surface area contributed by atoms with Crippen LogP contribution in [0, 0.1) is 5.82 Å². The smallest absolute Gasteiger partial charge is 0.125 e. The van der Waals surface area contributed by atoms with Crippen LogP contribution in [-0.2, 0) is 0 Å². The summed E-state index contributed by atoms with van der Waals surface area (Å²) in [5, 5.41) is 18.8. The van der Waals surface area contributed by atoms with Crippen molar-refractivity contribution in [2.45, 2.75) is 39.1 Å². The van der Waals surface area contributed by atoms with Crippen LogP contribution in [0.15, 0.2) is 18.2 Å². The van der Waals surface area contributed by atoms with Crippen LogP contribution in [-0.4, -0.2) is 22.4 Å². The Kier molecular flexibility index (Phi) is 4.26. The Morgan fingerprint density at radius 2 is 1.81 bits per heavy atom. The van der Waals surface area contributed by atoms with Gasteiger partial charge in [-0.05, 0) is 39.0 Å². The zero-order chi connectivity index (χ0) is 12.3. The third kappa shape index (κ3) is 3.18. The second-order valence-electron chi connectivity index (χ2n) is 3.92. The monoisotopic (exact) mass is 228 g/mol. The van der Waals surface area contributed by atoms with Crippen molar-refractivity contribution in [1.29, 1.82) is 0 Å². The highest BCUT2D eigenvalue weighted by atomic mass is 19.1. The van der Waals surface area contributed by atoms with E-state index in [1.165, 1.54) is 25.1 Å². The minimum atomic E-state index is -0.813. The van der Waals surface area contributed by atoms with E-state index in [9.17, 15) is 14.6 Å². The fraction of sp³-hybridized carbons (Fsp3) is 0.500. The van der Waals surface area contributed by atoms with Gasteiger partial charge in [0.25, 0.3) is 0 Å². The number of ether oxygens (including phenoxy) is 1. The van der Waals surface area contributed by atoms with Crippen LogP contribution in [0.2, 0.25) is 0 Å². The average Bonchev–Trinajstić information content (AvgIpc) is 2.20. The van der Waals surface area contributed by atoms with Crippen molar-refractivity contribution < 1.29 is 19.3 Å². The average molecular weight is 228 g/mol. The fourth-order valence-corrected chi connectivity index (χ4v) is 1.25. The molecule has 0 amide bonds. The van der Waals surface area contributed by atoms with E-state index in [0.29, 0.717) is 11.3 Å². The van der Waals surface area contributed by atoms with E-state index >= 15 is 0 Å². The molecule has 3 atom stereocenters. The normalized spacial score (nSPS) is 16.6. The number of halogens is 1. The van der Waals surface area contributed by atoms with Crippen molar-refractivity contribution >= 4 is 0 Å². The van der Waals surface area contributed by atoms with Gasteiger partial charge in [-0.15, -0.1) is 0 Å². The van der Waals surface area contributed by atoms with Crippen molar-refractivity contribution in [2.75, 3.05) is 0 Å². The first kappa shape index (κ1) is 12.9. The molecule has 0 aliphatic carbocycles. The zero-order valence-electron chi connectivity index (χ0n) is 9.64. The number of aliphatic hydroxyl groups is 2. The summed E-state index contributed by atoms with van der Waals surface area (Å²) < 4.78 is 18.4. The van der Waals surface area contributed by atoms with Crippen LogP contribution in [0.5, 0.6) is 5.75 Å². The van der Waals surface area contributed by atoms with Crippen LogP contribution in [0.3, 0.4) is 0 Å². The summed E-state index contributed by atoms with van der Waals surface area (Å²) in [6, 6.07) is 3.95. The van der Waals surface area contributed by atoms with E-state index in [1.54, 1.807) is 13.8 Å². The highest BCUT2D eigenvalue weighted by Gasteiger charge is 2.15. The molecule has 1 rings (SSSR count). The van der Waals surface area contributed by atoms with E-state index in [2.05, 4.69) is 0 Å². The second kappa shape index (κ2) is 5.27. The van der Waals surface area contributed by atoms with Gasteiger partial charge in [0.15, 0.2) is 0 Å². The van der Waals surface area contributed by atoms with Gasteiger partial charge in [0.1, 0.15) is 17.7 Å². The van der Waals surface area contributed by atoms with Crippen LogP contribution in [0.25, 0.3) is 0 Å². The highest BCUT2D eigenvalue weighted by Crippen LogP contribution is 2.27.